The van der Waals surface area contributed by atoms with Crippen LogP contribution < -0.4 is 5.32 Å². The van der Waals surface area contributed by atoms with Crippen LogP contribution in [0.5, 0.6) is 0 Å². The number of hydrogen-bond acceptors (Lipinski definition) is 3. The smallest absolute Gasteiger partial charge is 0.125 e. The van der Waals surface area contributed by atoms with E-state index in [2.05, 4.69) is 5.32 Å². The molecule has 1 aromatic carbocycles. The van der Waals surface area contributed by atoms with Gasteiger partial charge in [0.05, 0.1) is 6.61 Å². The van der Waals surface area contributed by atoms with Crippen molar-refractivity contribution in [2.45, 2.75) is 19.0 Å². The van der Waals surface area contributed by atoms with Crippen molar-refractivity contribution in [3.05, 3.63) is 34.6 Å². The van der Waals surface area contributed by atoms with Gasteiger partial charge in [0.1, 0.15) is 5.82 Å². The van der Waals surface area contributed by atoms with E-state index in [9.17, 15) is 4.39 Å². The second-order valence-electron chi connectivity index (χ2n) is 3.82. The van der Waals surface area contributed by atoms with E-state index in [0.29, 0.717) is 24.6 Å². The predicted molar refractivity (Wildman–Crippen MR) is 65.6 cm³/mol. The fourth-order valence-corrected chi connectivity index (χ4v) is 1.74. The minimum absolute atomic E-state index is 0.0202. The number of aliphatic hydroxyl groups excluding tert-OH is 1. The van der Waals surface area contributed by atoms with E-state index in [4.69, 9.17) is 21.4 Å². The molecule has 0 heterocycles. The largest absolute Gasteiger partial charge is 0.395 e. The van der Waals surface area contributed by atoms with Crippen molar-refractivity contribution in [1.82, 2.24) is 5.32 Å². The fourth-order valence-electron chi connectivity index (χ4n) is 1.49. The zero-order valence-corrected chi connectivity index (χ0v) is 10.5. The van der Waals surface area contributed by atoms with Gasteiger partial charge in [-0.15, -0.1) is 0 Å². The lowest BCUT2D eigenvalue weighted by Gasteiger charge is -2.15. The van der Waals surface area contributed by atoms with Gasteiger partial charge in [0.15, 0.2) is 0 Å². The molecule has 0 saturated carbocycles. The van der Waals surface area contributed by atoms with Crippen LogP contribution in [0.2, 0.25) is 5.02 Å². The second kappa shape index (κ2) is 7.61. The highest BCUT2D eigenvalue weighted by molar-refractivity contribution is 6.30. The summed E-state index contributed by atoms with van der Waals surface area (Å²) in [6.45, 7) is 1.06. The third kappa shape index (κ3) is 5.46. The molecule has 1 atom stereocenters. The summed E-state index contributed by atoms with van der Waals surface area (Å²) in [5, 5.41) is 12.6. The summed E-state index contributed by atoms with van der Waals surface area (Å²) in [4.78, 5) is 0. The third-order valence-electron chi connectivity index (χ3n) is 2.41. The van der Waals surface area contributed by atoms with Crippen LogP contribution in [0.25, 0.3) is 0 Å². The number of aliphatic hydroxyl groups is 1. The van der Waals surface area contributed by atoms with E-state index in [1.807, 2.05) is 0 Å². The van der Waals surface area contributed by atoms with Crippen LogP contribution in [-0.2, 0) is 11.3 Å². The molecule has 0 fully saturated rings. The lowest BCUT2D eigenvalue weighted by atomic mass is 10.2. The molecule has 0 aromatic heterocycles. The Morgan fingerprint density at radius 3 is 2.82 bits per heavy atom. The highest BCUT2D eigenvalue weighted by Gasteiger charge is 2.07. The van der Waals surface area contributed by atoms with Gasteiger partial charge in [-0.25, -0.2) is 4.39 Å². The molecule has 0 aliphatic heterocycles. The average molecular weight is 262 g/mol. The molecule has 0 saturated heterocycles. The number of halogens is 2. The lowest BCUT2D eigenvalue weighted by molar-refractivity contribution is 0.159. The quantitative estimate of drug-likeness (QED) is 0.789. The molecule has 0 aliphatic carbocycles. The number of rotatable bonds is 7. The van der Waals surface area contributed by atoms with Crippen molar-refractivity contribution in [3.63, 3.8) is 0 Å². The molecule has 5 heteroatoms. The fraction of sp³-hybridized carbons (Fsp3) is 0.500. The van der Waals surface area contributed by atoms with Crippen LogP contribution in [0.4, 0.5) is 4.39 Å². The Kier molecular flexibility index (Phi) is 6.44. The van der Waals surface area contributed by atoms with E-state index in [-0.39, 0.29) is 18.5 Å². The van der Waals surface area contributed by atoms with Gasteiger partial charge in [0, 0.05) is 31.3 Å². The molecule has 17 heavy (non-hydrogen) atoms. The van der Waals surface area contributed by atoms with Gasteiger partial charge in [0.25, 0.3) is 0 Å². The first-order valence-corrected chi connectivity index (χ1v) is 5.81. The molecule has 1 rings (SSSR count). The third-order valence-corrected chi connectivity index (χ3v) is 2.63. The van der Waals surface area contributed by atoms with Crippen molar-refractivity contribution in [3.8, 4) is 0 Å². The van der Waals surface area contributed by atoms with E-state index >= 15 is 0 Å². The van der Waals surface area contributed by atoms with Gasteiger partial charge in [-0.3, -0.25) is 0 Å². The molecule has 1 unspecified atom stereocenters. The van der Waals surface area contributed by atoms with Crippen LogP contribution >= 0.6 is 11.6 Å². The first-order chi connectivity index (χ1) is 8.15. The van der Waals surface area contributed by atoms with Gasteiger partial charge in [0.2, 0.25) is 0 Å². The molecule has 2 N–H and O–H groups in total. The standard InChI is InChI=1S/C12H17ClFNO2/c1-17-3-2-12(8-16)15-7-9-4-10(13)6-11(14)5-9/h4-6,12,15-16H,2-3,7-8H2,1H3. The Bertz CT molecular complexity index is 329. The maximum absolute atomic E-state index is 13.1. The minimum Gasteiger partial charge on any atom is -0.395 e. The molecule has 0 aliphatic rings. The van der Waals surface area contributed by atoms with Gasteiger partial charge < -0.3 is 15.2 Å². The first-order valence-electron chi connectivity index (χ1n) is 5.44. The van der Waals surface area contributed by atoms with Crippen molar-refractivity contribution in [1.29, 1.82) is 0 Å². The zero-order valence-electron chi connectivity index (χ0n) is 9.75. The van der Waals surface area contributed by atoms with Crippen molar-refractivity contribution < 1.29 is 14.2 Å². The van der Waals surface area contributed by atoms with Crippen LogP contribution in [-0.4, -0.2) is 31.5 Å². The SMILES string of the molecule is COCCC(CO)NCc1cc(F)cc(Cl)c1. The normalized spacial score (nSPS) is 12.7. The molecular weight excluding hydrogens is 245 g/mol. The van der Waals surface area contributed by atoms with E-state index in [1.165, 1.54) is 12.1 Å². The zero-order chi connectivity index (χ0) is 12.7. The summed E-state index contributed by atoms with van der Waals surface area (Å²) in [6.07, 6.45) is 0.704. The molecule has 0 radical (unpaired) electrons. The number of hydrogen-bond donors (Lipinski definition) is 2. The van der Waals surface area contributed by atoms with Crippen LogP contribution in [0.15, 0.2) is 18.2 Å². The molecule has 0 bridgehead atoms. The molecule has 96 valence electrons. The Labute approximate surface area is 106 Å². The highest BCUT2D eigenvalue weighted by atomic mass is 35.5. The van der Waals surface area contributed by atoms with Crippen LogP contribution in [0.1, 0.15) is 12.0 Å². The molecule has 0 spiro atoms. The summed E-state index contributed by atoms with van der Waals surface area (Å²) >= 11 is 5.75. The van der Waals surface area contributed by atoms with Crippen LogP contribution in [0.3, 0.4) is 0 Å². The number of ether oxygens (including phenoxy) is 1. The molecule has 3 nitrogen and oxygen atoms in total. The molecule has 0 amide bonds. The maximum atomic E-state index is 13.1. The van der Waals surface area contributed by atoms with Crippen molar-refractivity contribution in [2.24, 2.45) is 0 Å². The summed E-state index contributed by atoms with van der Waals surface area (Å²) in [5.41, 5.74) is 0.755. The monoisotopic (exact) mass is 261 g/mol. The van der Waals surface area contributed by atoms with E-state index in [1.54, 1.807) is 13.2 Å². The average Bonchev–Trinajstić information content (AvgIpc) is 2.28. The maximum Gasteiger partial charge on any atom is 0.125 e. The molecular formula is C12H17ClFNO2. The summed E-state index contributed by atoms with van der Waals surface area (Å²) in [5.74, 6) is -0.355. The Hall–Kier alpha value is -0.680. The molecule has 1 aromatic rings. The van der Waals surface area contributed by atoms with Crippen LogP contribution in [0, 0.1) is 5.82 Å². The van der Waals surface area contributed by atoms with Crippen molar-refractivity contribution in [2.75, 3.05) is 20.3 Å². The summed E-state index contributed by atoms with van der Waals surface area (Å²) in [7, 11) is 1.61. The van der Waals surface area contributed by atoms with E-state index < -0.39 is 0 Å². The Balaban J connectivity index is 2.47. The predicted octanol–water partition coefficient (Wildman–Crippen LogP) is 1.97. The topological polar surface area (TPSA) is 41.5 Å². The lowest BCUT2D eigenvalue weighted by Crippen LogP contribution is -2.33. The summed E-state index contributed by atoms with van der Waals surface area (Å²) in [6, 6.07) is 4.32. The minimum atomic E-state index is -0.355. The van der Waals surface area contributed by atoms with E-state index in [0.717, 1.165) is 5.56 Å². The second-order valence-corrected chi connectivity index (χ2v) is 4.26. The Morgan fingerprint density at radius 1 is 1.47 bits per heavy atom. The van der Waals surface area contributed by atoms with Gasteiger partial charge >= 0.3 is 0 Å². The van der Waals surface area contributed by atoms with Gasteiger partial charge in [-0.2, -0.15) is 0 Å². The summed E-state index contributed by atoms with van der Waals surface area (Å²) < 4.78 is 18.0. The first kappa shape index (κ1) is 14.4. The number of benzene rings is 1. The van der Waals surface area contributed by atoms with Crippen molar-refractivity contribution >= 4 is 11.6 Å². The number of methoxy groups -OCH3 is 1. The highest BCUT2D eigenvalue weighted by Crippen LogP contribution is 2.14. The number of nitrogens with one attached hydrogen (secondary N) is 1. The Morgan fingerprint density at radius 2 is 2.24 bits per heavy atom. The van der Waals surface area contributed by atoms with Gasteiger partial charge in [-0.05, 0) is 30.2 Å². The van der Waals surface area contributed by atoms with Gasteiger partial charge in [-0.1, -0.05) is 11.6 Å².